The molecule has 162 valence electrons. The third-order valence-electron chi connectivity index (χ3n) is 5.06. The molecule has 0 amide bonds. The Labute approximate surface area is 173 Å². The van der Waals surface area contributed by atoms with Crippen LogP contribution in [0, 0.1) is 6.92 Å². The van der Waals surface area contributed by atoms with Crippen LogP contribution in [0.5, 0.6) is 0 Å². The van der Waals surface area contributed by atoms with Crippen molar-refractivity contribution in [2.24, 2.45) is 0 Å². The van der Waals surface area contributed by atoms with Gasteiger partial charge in [0.1, 0.15) is 5.50 Å². The van der Waals surface area contributed by atoms with Crippen LogP contribution >= 0.6 is 11.6 Å². The summed E-state index contributed by atoms with van der Waals surface area (Å²) in [6, 6.07) is 8.30. The Kier molecular flexibility index (Phi) is 5.60. The van der Waals surface area contributed by atoms with Crippen LogP contribution in [0.4, 0.5) is 42.1 Å². The molecule has 0 N–H and O–H groups in total. The van der Waals surface area contributed by atoms with Crippen molar-refractivity contribution < 1.29 is 30.7 Å². The van der Waals surface area contributed by atoms with Gasteiger partial charge < -0.3 is 4.90 Å². The minimum absolute atomic E-state index is 0.0515. The van der Waals surface area contributed by atoms with Gasteiger partial charge in [0.25, 0.3) is 0 Å². The number of halogens is 8. The fourth-order valence-corrected chi connectivity index (χ4v) is 3.92. The molecular formula is C21H17ClF7N. The molecule has 0 bridgehead atoms. The molecule has 1 nitrogen and oxygen atoms in total. The summed E-state index contributed by atoms with van der Waals surface area (Å²) in [5.41, 5.74) is -5.75. The van der Waals surface area contributed by atoms with Crippen LogP contribution in [-0.4, -0.2) is 17.9 Å². The van der Waals surface area contributed by atoms with Crippen molar-refractivity contribution in [2.75, 3.05) is 4.90 Å². The molecule has 0 spiro atoms. The van der Waals surface area contributed by atoms with E-state index in [1.807, 2.05) is 0 Å². The first-order valence-electron chi connectivity index (χ1n) is 8.99. The van der Waals surface area contributed by atoms with Crippen molar-refractivity contribution in [3.63, 3.8) is 0 Å². The van der Waals surface area contributed by atoms with Crippen molar-refractivity contribution in [3.8, 4) is 0 Å². The van der Waals surface area contributed by atoms with Gasteiger partial charge in [0.2, 0.25) is 0 Å². The number of fused-ring (bicyclic) bond motifs is 1. The molecule has 0 saturated carbocycles. The first kappa shape index (κ1) is 22.5. The largest absolute Gasteiger partial charge is 0.435 e. The molecule has 1 aliphatic heterocycles. The summed E-state index contributed by atoms with van der Waals surface area (Å²) in [5.74, 6) is 0. The van der Waals surface area contributed by atoms with Crippen molar-refractivity contribution in [1.82, 2.24) is 0 Å². The van der Waals surface area contributed by atoms with Crippen LogP contribution < -0.4 is 4.90 Å². The van der Waals surface area contributed by atoms with Crippen LogP contribution in [0.3, 0.4) is 0 Å². The van der Waals surface area contributed by atoms with E-state index in [1.165, 1.54) is 6.92 Å². The highest BCUT2D eigenvalue weighted by molar-refractivity contribution is 6.24. The lowest BCUT2D eigenvalue weighted by atomic mass is 9.89. The molecule has 1 unspecified atom stereocenters. The number of hydrogen-bond acceptors (Lipinski definition) is 1. The molecule has 3 rings (SSSR count). The fourth-order valence-electron chi connectivity index (χ4n) is 3.65. The van der Waals surface area contributed by atoms with Gasteiger partial charge in [-0.15, -0.1) is 0 Å². The highest BCUT2D eigenvalue weighted by atomic mass is 35.5. The monoisotopic (exact) mass is 451 g/mol. The van der Waals surface area contributed by atoms with Crippen molar-refractivity contribution >= 4 is 29.1 Å². The van der Waals surface area contributed by atoms with Crippen LogP contribution in [0.2, 0.25) is 0 Å². The summed E-state index contributed by atoms with van der Waals surface area (Å²) in [5, 5.41) is 0. The molecule has 30 heavy (non-hydrogen) atoms. The van der Waals surface area contributed by atoms with Gasteiger partial charge in [-0.2, -0.15) is 26.3 Å². The summed E-state index contributed by atoms with van der Waals surface area (Å²) in [4.78, 5) is 1.62. The lowest BCUT2D eigenvalue weighted by Crippen LogP contribution is -2.50. The van der Waals surface area contributed by atoms with Crippen LogP contribution in [0.1, 0.15) is 29.2 Å². The average Bonchev–Trinajstić information content (AvgIpc) is 2.65. The van der Waals surface area contributed by atoms with E-state index < -0.39 is 29.1 Å². The molecule has 2 aromatic rings. The maximum Gasteiger partial charge on any atom is 0.435 e. The molecule has 0 aliphatic carbocycles. The number of para-hydroxylation sites is 1. The third kappa shape index (κ3) is 3.45. The number of alkyl halides is 8. The molecule has 1 heterocycles. The number of aryl methyl sites for hydroxylation is 2. The van der Waals surface area contributed by atoms with Crippen LogP contribution in [-0.2, 0) is 12.1 Å². The second kappa shape index (κ2) is 7.48. The molecule has 0 aromatic heterocycles. The van der Waals surface area contributed by atoms with E-state index in [0.717, 1.165) is 5.56 Å². The van der Waals surface area contributed by atoms with Gasteiger partial charge in [0.05, 0.1) is 5.69 Å². The lowest BCUT2D eigenvalue weighted by Gasteiger charge is -2.36. The SMILES string of the molecule is CCc1cc(C(F)(C(F)(F)F)C(F)(F)F)cc(C)c1N1c2ccccc2C=CC1Cl. The topological polar surface area (TPSA) is 3.24 Å². The Hall–Kier alpha value is -2.22. The van der Waals surface area contributed by atoms with Gasteiger partial charge in [-0.1, -0.05) is 48.9 Å². The zero-order valence-corrected chi connectivity index (χ0v) is 16.6. The predicted molar refractivity (Wildman–Crippen MR) is 103 cm³/mol. The summed E-state index contributed by atoms with van der Waals surface area (Å²) in [7, 11) is 0. The maximum atomic E-state index is 14.6. The van der Waals surface area contributed by atoms with Crippen LogP contribution in [0.25, 0.3) is 6.08 Å². The minimum Gasteiger partial charge on any atom is -0.320 e. The van der Waals surface area contributed by atoms with Crippen LogP contribution in [0.15, 0.2) is 42.5 Å². The lowest BCUT2D eigenvalue weighted by molar-refractivity contribution is -0.348. The molecule has 9 heteroatoms. The molecule has 1 atom stereocenters. The van der Waals surface area contributed by atoms with E-state index in [-0.39, 0.29) is 17.5 Å². The number of anilines is 2. The van der Waals surface area contributed by atoms with E-state index in [9.17, 15) is 30.7 Å². The number of benzene rings is 2. The average molecular weight is 452 g/mol. The Morgan fingerprint density at radius 2 is 1.57 bits per heavy atom. The minimum atomic E-state index is -6.17. The second-order valence-electron chi connectivity index (χ2n) is 6.97. The van der Waals surface area contributed by atoms with E-state index in [1.54, 1.807) is 48.2 Å². The highest BCUT2D eigenvalue weighted by Gasteiger charge is 2.73. The standard InChI is InChI=1S/C21H17ClF7N/c1-3-13-11-15(19(23,20(24,25)26)21(27,28)29)10-12(2)18(13)30-16-7-5-4-6-14(16)8-9-17(30)22/h4-11,17H,3H2,1-2H3. The summed E-state index contributed by atoms with van der Waals surface area (Å²) >= 11 is 6.43. The molecular weight excluding hydrogens is 435 g/mol. The van der Waals surface area contributed by atoms with Gasteiger partial charge >= 0.3 is 18.0 Å². The van der Waals surface area contributed by atoms with Gasteiger partial charge in [-0.05, 0) is 48.2 Å². The zero-order valence-electron chi connectivity index (χ0n) is 15.9. The van der Waals surface area contributed by atoms with Crippen molar-refractivity contribution in [1.29, 1.82) is 0 Å². The quantitative estimate of drug-likeness (QED) is 0.264. The Morgan fingerprint density at radius 3 is 2.13 bits per heavy atom. The fraction of sp³-hybridized carbons (Fsp3) is 0.333. The summed E-state index contributed by atoms with van der Waals surface area (Å²) < 4.78 is 94.0. The highest BCUT2D eigenvalue weighted by Crippen LogP contribution is 2.54. The van der Waals surface area contributed by atoms with Gasteiger partial charge in [-0.3, -0.25) is 0 Å². The summed E-state index contributed by atoms with van der Waals surface area (Å²) in [6.07, 6.45) is -8.83. The molecule has 1 aliphatic rings. The maximum absolute atomic E-state index is 14.6. The first-order chi connectivity index (χ1) is 13.8. The smallest absolute Gasteiger partial charge is 0.320 e. The first-order valence-corrected chi connectivity index (χ1v) is 9.43. The van der Waals surface area contributed by atoms with E-state index in [4.69, 9.17) is 11.6 Å². The van der Waals surface area contributed by atoms with Gasteiger partial charge in [-0.25, -0.2) is 4.39 Å². The van der Waals surface area contributed by atoms with Gasteiger partial charge in [0, 0.05) is 11.3 Å². The molecule has 2 aromatic carbocycles. The molecule has 0 saturated heterocycles. The van der Waals surface area contributed by atoms with E-state index in [0.29, 0.717) is 23.5 Å². The van der Waals surface area contributed by atoms with Crippen molar-refractivity contribution in [2.45, 2.75) is 43.8 Å². The normalized spacial score (nSPS) is 17.3. The Bertz CT molecular complexity index is 964. The number of nitrogens with zero attached hydrogens (tertiary/aromatic N) is 1. The second-order valence-corrected chi connectivity index (χ2v) is 7.42. The van der Waals surface area contributed by atoms with Crippen molar-refractivity contribution in [3.05, 3.63) is 64.7 Å². The number of hydrogen-bond donors (Lipinski definition) is 0. The zero-order chi connectivity index (χ0) is 22.5. The Balaban J connectivity index is 2.25. The Morgan fingerprint density at radius 1 is 0.967 bits per heavy atom. The van der Waals surface area contributed by atoms with E-state index in [2.05, 4.69) is 0 Å². The summed E-state index contributed by atoms with van der Waals surface area (Å²) in [6.45, 7) is 2.91. The molecule has 0 radical (unpaired) electrons. The van der Waals surface area contributed by atoms with E-state index >= 15 is 0 Å². The molecule has 0 fully saturated rings. The van der Waals surface area contributed by atoms with Gasteiger partial charge in [0.15, 0.2) is 0 Å². The number of rotatable bonds is 3. The third-order valence-corrected chi connectivity index (χ3v) is 5.40. The predicted octanol–water partition coefficient (Wildman–Crippen LogP) is 7.58.